The summed E-state index contributed by atoms with van der Waals surface area (Å²) in [5, 5.41) is 12.1. The zero-order chi connectivity index (χ0) is 13.8. The predicted octanol–water partition coefficient (Wildman–Crippen LogP) is 3.09. The van der Waals surface area contributed by atoms with Gasteiger partial charge in [-0.25, -0.2) is 0 Å². The number of nitriles is 1. The van der Waals surface area contributed by atoms with Crippen molar-refractivity contribution in [3.05, 3.63) is 53.6 Å². The molecule has 4 nitrogen and oxygen atoms in total. The number of anilines is 3. The van der Waals surface area contributed by atoms with Crippen molar-refractivity contribution >= 4 is 22.8 Å². The van der Waals surface area contributed by atoms with Gasteiger partial charge in [-0.05, 0) is 37.3 Å². The molecule has 94 valence electrons. The van der Waals surface area contributed by atoms with Crippen LogP contribution in [0.1, 0.15) is 22.8 Å². The van der Waals surface area contributed by atoms with E-state index in [0.29, 0.717) is 22.5 Å². The molecule has 0 saturated heterocycles. The third kappa shape index (κ3) is 2.72. The van der Waals surface area contributed by atoms with E-state index in [1.165, 1.54) is 6.92 Å². The Bertz CT molecular complexity index is 671. The highest BCUT2D eigenvalue weighted by molar-refractivity contribution is 5.99. The first-order valence-electron chi connectivity index (χ1n) is 5.78. The van der Waals surface area contributed by atoms with Gasteiger partial charge in [0, 0.05) is 16.9 Å². The van der Waals surface area contributed by atoms with Crippen LogP contribution in [-0.4, -0.2) is 5.78 Å². The molecule has 0 radical (unpaired) electrons. The second kappa shape index (κ2) is 5.23. The molecule has 0 heterocycles. The van der Waals surface area contributed by atoms with Gasteiger partial charge in [0.05, 0.1) is 11.3 Å². The Kier molecular flexibility index (Phi) is 3.48. The third-order valence-electron chi connectivity index (χ3n) is 2.76. The molecule has 19 heavy (non-hydrogen) atoms. The number of nitrogens with zero attached hydrogens (tertiary/aromatic N) is 1. The van der Waals surface area contributed by atoms with Gasteiger partial charge in [0.25, 0.3) is 0 Å². The summed E-state index contributed by atoms with van der Waals surface area (Å²) in [5.74, 6) is -0.0681. The Morgan fingerprint density at radius 2 is 2.00 bits per heavy atom. The Morgan fingerprint density at radius 1 is 1.26 bits per heavy atom. The molecule has 0 spiro atoms. The van der Waals surface area contributed by atoms with Gasteiger partial charge in [-0.15, -0.1) is 0 Å². The summed E-state index contributed by atoms with van der Waals surface area (Å²) in [6.45, 7) is 1.48. The molecule has 0 aromatic heterocycles. The average Bonchev–Trinajstić information content (AvgIpc) is 2.39. The van der Waals surface area contributed by atoms with E-state index in [2.05, 4.69) is 11.4 Å². The first kappa shape index (κ1) is 12.7. The van der Waals surface area contributed by atoms with Crippen molar-refractivity contribution in [2.24, 2.45) is 0 Å². The molecule has 0 aliphatic heterocycles. The Labute approximate surface area is 111 Å². The molecule has 0 aliphatic carbocycles. The van der Waals surface area contributed by atoms with Crippen LogP contribution in [0, 0.1) is 11.3 Å². The topological polar surface area (TPSA) is 78.9 Å². The fraction of sp³-hybridized carbons (Fsp3) is 0.0667. The zero-order valence-electron chi connectivity index (χ0n) is 10.5. The minimum atomic E-state index is -0.0681. The normalized spacial score (nSPS) is 9.68. The van der Waals surface area contributed by atoms with Gasteiger partial charge in [-0.3, -0.25) is 4.79 Å². The number of ketones is 1. The highest BCUT2D eigenvalue weighted by Gasteiger charge is 2.06. The van der Waals surface area contributed by atoms with Crippen LogP contribution >= 0.6 is 0 Å². The summed E-state index contributed by atoms with van der Waals surface area (Å²) in [6.07, 6.45) is 0. The van der Waals surface area contributed by atoms with Crippen LogP contribution in [0.2, 0.25) is 0 Å². The van der Waals surface area contributed by atoms with Crippen LogP contribution < -0.4 is 11.1 Å². The number of carbonyl (C=O) groups excluding carboxylic acids is 1. The lowest BCUT2D eigenvalue weighted by molar-refractivity contribution is 0.101. The molecule has 3 N–H and O–H groups in total. The van der Waals surface area contributed by atoms with Crippen molar-refractivity contribution in [2.75, 3.05) is 11.1 Å². The largest absolute Gasteiger partial charge is 0.398 e. The van der Waals surface area contributed by atoms with Crippen LogP contribution in [0.5, 0.6) is 0 Å². The van der Waals surface area contributed by atoms with Crippen LogP contribution in [0.15, 0.2) is 42.5 Å². The van der Waals surface area contributed by atoms with Crippen molar-refractivity contribution in [2.45, 2.75) is 6.92 Å². The van der Waals surface area contributed by atoms with E-state index in [0.717, 1.165) is 5.69 Å². The SMILES string of the molecule is CC(=O)c1ccc(Nc2ccccc2C#N)cc1N. The number of nitrogen functional groups attached to an aromatic ring is 1. The maximum absolute atomic E-state index is 11.3. The molecule has 2 aromatic carbocycles. The number of hydrogen-bond acceptors (Lipinski definition) is 4. The molecule has 0 atom stereocenters. The molecule has 2 aromatic rings. The number of hydrogen-bond donors (Lipinski definition) is 2. The summed E-state index contributed by atoms with van der Waals surface area (Å²) in [7, 11) is 0. The fourth-order valence-corrected chi connectivity index (χ4v) is 1.81. The summed E-state index contributed by atoms with van der Waals surface area (Å²) < 4.78 is 0. The highest BCUT2D eigenvalue weighted by atomic mass is 16.1. The number of rotatable bonds is 3. The average molecular weight is 251 g/mol. The Balaban J connectivity index is 2.32. The lowest BCUT2D eigenvalue weighted by atomic mass is 10.1. The molecule has 0 fully saturated rings. The monoisotopic (exact) mass is 251 g/mol. The third-order valence-corrected chi connectivity index (χ3v) is 2.76. The quantitative estimate of drug-likeness (QED) is 0.649. The summed E-state index contributed by atoms with van der Waals surface area (Å²) >= 11 is 0. The molecule has 0 bridgehead atoms. The number of carbonyl (C=O) groups is 1. The number of benzene rings is 2. The number of para-hydroxylation sites is 1. The predicted molar refractivity (Wildman–Crippen MR) is 75.3 cm³/mol. The van der Waals surface area contributed by atoms with E-state index in [1.807, 2.05) is 12.1 Å². The highest BCUT2D eigenvalue weighted by Crippen LogP contribution is 2.24. The molecule has 0 unspecified atom stereocenters. The van der Waals surface area contributed by atoms with Gasteiger partial charge >= 0.3 is 0 Å². The van der Waals surface area contributed by atoms with Gasteiger partial charge < -0.3 is 11.1 Å². The molecular formula is C15H13N3O. The number of Topliss-reactive ketones (excluding diaryl/α,β-unsaturated/α-hetero) is 1. The maximum Gasteiger partial charge on any atom is 0.161 e. The fourth-order valence-electron chi connectivity index (χ4n) is 1.81. The molecule has 4 heteroatoms. The van der Waals surface area contributed by atoms with Crippen LogP contribution in [0.25, 0.3) is 0 Å². The van der Waals surface area contributed by atoms with Gasteiger partial charge in [-0.1, -0.05) is 12.1 Å². The lowest BCUT2D eigenvalue weighted by Gasteiger charge is -2.10. The number of nitrogens with two attached hydrogens (primary N) is 1. The van der Waals surface area contributed by atoms with E-state index >= 15 is 0 Å². The van der Waals surface area contributed by atoms with Crippen LogP contribution in [-0.2, 0) is 0 Å². The lowest BCUT2D eigenvalue weighted by Crippen LogP contribution is -2.01. The first-order valence-corrected chi connectivity index (χ1v) is 5.78. The Morgan fingerprint density at radius 3 is 2.63 bits per heavy atom. The van der Waals surface area contributed by atoms with Crippen molar-refractivity contribution in [1.29, 1.82) is 5.26 Å². The van der Waals surface area contributed by atoms with Crippen molar-refractivity contribution in [1.82, 2.24) is 0 Å². The second-order valence-electron chi connectivity index (χ2n) is 4.14. The van der Waals surface area contributed by atoms with Crippen molar-refractivity contribution < 1.29 is 4.79 Å². The second-order valence-corrected chi connectivity index (χ2v) is 4.14. The number of nitrogens with one attached hydrogen (secondary N) is 1. The van der Waals surface area contributed by atoms with E-state index < -0.39 is 0 Å². The van der Waals surface area contributed by atoms with Gasteiger partial charge in [-0.2, -0.15) is 5.26 Å². The zero-order valence-corrected chi connectivity index (χ0v) is 10.5. The first-order chi connectivity index (χ1) is 9.11. The summed E-state index contributed by atoms with van der Waals surface area (Å²) in [4.78, 5) is 11.3. The standard InChI is InChI=1S/C15H13N3O/c1-10(19)13-7-6-12(8-14(13)17)18-15-5-3-2-4-11(15)9-16/h2-8,18H,17H2,1H3. The minimum absolute atomic E-state index is 0.0681. The molecular weight excluding hydrogens is 238 g/mol. The summed E-state index contributed by atoms with van der Waals surface area (Å²) in [5.41, 5.74) is 8.74. The van der Waals surface area contributed by atoms with Gasteiger partial charge in [0.1, 0.15) is 6.07 Å². The van der Waals surface area contributed by atoms with Crippen LogP contribution in [0.4, 0.5) is 17.1 Å². The van der Waals surface area contributed by atoms with Crippen molar-refractivity contribution in [3.63, 3.8) is 0 Å². The molecule has 0 saturated carbocycles. The van der Waals surface area contributed by atoms with E-state index in [4.69, 9.17) is 11.0 Å². The van der Waals surface area contributed by atoms with Gasteiger partial charge in [0.2, 0.25) is 0 Å². The van der Waals surface area contributed by atoms with Crippen molar-refractivity contribution in [3.8, 4) is 6.07 Å². The van der Waals surface area contributed by atoms with Gasteiger partial charge in [0.15, 0.2) is 5.78 Å². The Hall–Kier alpha value is -2.80. The minimum Gasteiger partial charge on any atom is -0.398 e. The van der Waals surface area contributed by atoms with E-state index in [9.17, 15) is 4.79 Å². The van der Waals surface area contributed by atoms with E-state index in [-0.39, 0.29) is 5.78 Å². The molecule has 0 aliphatic rings. The van der Waals surface area contributed by atoms with Crippen LogP contribution in [0.3, 0.4) is 0 Å². The van der Waals surface area contributed by atoms with E-state index in [1.54, 1.807) is 30.3 Å². The molecule has 2 rings (SSSR count). The smallest absolute Gasteiger partial charge is 0.161 e. The summed E-state index contributed by atoms with van der Waals surface area (Å²) in [6, 6.07) is 14.4. The maximum atomic E-state index is 11.3. The molecule has 0 amide bonds.